The number of fused-ring (bicyclic) bond motifs is 1. The van der Waals surface area contributed by atoms with Crippen LogP contribution in [0.15, 0.2) is 24.3 Å². The van der Waals surface area contributed by atoms with Crippen molar-refractivity contribution in [2.75, 3.05) is 12.4 Å². The second kappa shape index (κ2) is 4.82. The summed E-state index contributed by atoms with van der Waals surface area (Å²) in [7, 11) is 1.46. The normalized spacial score (nSPS) is 13.6. The lowest BCUT2D eigenvalue weighted by Crippen LogP contribution is -2.24. The maximum absolute atomic E-state index is 12.0. The summed E-state index contributed by atoms with van der Waals surface area (Å²) >= 11 is 5.87. The number of anilines is 2. The number of nitrogens with zero attached hydrogens (tertiary/aromatic N) is 3. The predicted molar refractivity (Wildman–Crippen MR) is 77.9 cm³/mol. The predicted octanol–water partition coefficient (Wildman–Crippen LogP) is 2.41. The maximum atomic E-state index is 12.0. The first-order valence-corrected chi connectivity index (χ1v) is 6.58. The minimum Gasteiger partial charge on any atom is -0.340 e. The molecule has 21 heavy (non-hydrogen) atoms. The van der Waals surface area contributed by atoms with E-state index in [9.17, 15) is 9.59 Å². The highest BCUT2D eigenvalue weighted by Crippen LogP contribution is 2.26. The summed E-state index contributed by atoms with van der Waals surface area (Å²) in [6.45, 7) is 1.73. The van der Waals surface area contributed by atoms with Crippen LogP contribution >= 0.6 is 11.6 Å². The number of amides is 2. The van der Waals surface area contributed by atoms with Gasteiger partial charge < -0.3 is 5.32 Å². The number of rotatable bonds is 2. The summed E-state index contributed by atoms with van der Waals surface area (Å²) in [5.41, 5.74) is 1.44. The van der Waals surface area contributed by atoms with Crippen LogP contribution in [-0.2, 0) is 0 Å². The Morgan fingerprint density at radius 2 is 1.81 bits per heavy atom. The molecule has 0 spiro atoms. The Kier molecular flexibility index (Phi) is 3.10. The first-order valence-electron chi connectivity index (χ1n) is 6.20. The average Bonchev–Trinajstić information content (AvgIpc) is 2.63. The molecule has 1 aliphatic rings. The lowest BCUT2D eigenvalue weighted by molar-refractivity contribution is 0.0693. The van der Waals surface area contributed by atoms with Gasteiger partial charge in [-0.25, -0.2) is 9.97 Å². The van der Waals surface area contributed by atoms with Crippen molar-refractivity contribution in [3.63, 3.8) is 0 Å². The van der Waals surface area contributed by atoms with E-state index in [-0.39, 0.29) is 11.8 Å². The monoisotopic (exact) mass is 302 g/mol. The Labute approximate surface area is 125 Å². The minimum absolute atomic E-state index is 0.289. The molecule has 0 saturated heterocycles. The minimum atomic E-state index is -0.310. The third-order valence-electron chi connectivity index (χ3n) is 3.17. The zero-order chi connectivity index (χ0) is 15.1. The number of halogens is 1. The number of aromatic nitrogens is 2. The number of carbonyl (C=O) groups excluding carboxylic acids is 2. The van der Waals surface area contributed by atoms with Gasteiger partial charge in [-0.2, -0.15) is 0 Å². The average molecular weight is 303 g/mol. The van der Waals surface area contributed by atoms with Gasteiger partial charge >= 0.3 is 0 Å². The van der Waals surface area contributed by atoms with Gasteiger partial charge in [-0.1, -0.05) is 11.6 Å². The molecule has 0 atom stereocenters. The number of nitrogens with one attached hydrogen (secondary N) is 1. The molecular weight excluding hydrogens is 292 g/mol. The van der Waals surface area contributed by atoms with Crippen LogP contribution in [0.2, 0.25) is 5.15 Å². The van der Waals surface area contributed by atoms with Gasteiger partial charge in [0.25, 0.3) is 11.8 Å². The van der Waals surface area contributed by atoms with Crippen molar-refractivity contribution in [3.8, 4) is 0 Å². The molecule has 0 fully saturated rings. The smallest absolute Gasteiger partial charge is 0.261 e. The van der Waals surface area contributed by atoms with Crippen molar-refractivity contribution in [1.82, 2.24) is 14.9 Å². The van der Waals surface area contributed by atoms with E-state index in [2.05, 4.69) is 15.3 Å². The molecule has 6 nitrogen and oxygen atoms in total. The Bertz CT molecular complexity index is 755. The molecule has 0 aliphatic carbocycles. The number of benzene rings is 1. The Morgan fingerprint density at radius 3 is 2.52 bits per heavy atom. The number of carbonyl (C=O) groups is 2. The Hall–Kier alpha value is -2.47. The first-order chi connectivity index (χ1) is 9.95. The van der Waals surface area contributed by atoms with Crippen LogP contribution in [0.1, 0.15) is 26.5 Å². The molecule has 1 aromatic heterocycles. The first kappa shape index (κ1) is 13.5. The molecule has 2 amide bonds. The molecule has 3 rings (SSSR count). The fraction of sp³-hybridized carbons (Fsp3) is 0.143. The van der Waals surface area contributed by atoms with Gasteiger partial charge in [0.15, 0.2) is 0 Å². The molecule has 1 N–H and O–H groups in total. The van der Waals surface area contributed by atoms with Crippen LogP contribution in [0.25, 0.3) is 0 Å². The summed E-state index contributed by atoms with van der Waals surface area (Å²) in [5.74, 6) is 0.466. The Balaban J connectivity index is 1.95. The van der Waals surface area contributed by atoms with E-state index in [4.69, 9.17) is 11.6 Å². The molecule has 0 radical (unpaired) electrons. The van der Waals surface area contributed by atoms with E-state index in [1.807, 2.05) is 0 Å². The number of hydrogen-bond acceptors (Lipinski definition) is 5. The molecule has 7 heteroatoms. The zero-order valence-corrected chi connectivity index (χ0v) is 12.1. The third kappa shape index (κ3) is 2.34. The third-order valence-corrected chi connectivity index (χ3v) is 3.36. The molecule has 0 saturated carbocycles. The van der Waals surface area contributed by atoms with Crippen LogP contribution in [-0.4, -0.2) is 33.7 Å². The highest BCUT2D eigenvalue weighted by Gasteiger charge is 2.32. The molecule has 2 heterocycles. The van der Waals surface area contributed by atoms with Gasteiger partial charge in [-0.05, 0) is 25.1 Å². The lowest BCUT2D eigenvalue weighted by atomic mass is 10.1. The highest BCUT2D eigenvalue weighted by molar-refractivity contribution is 6.29. The van der Waals surface area contributed by atoms with E-state index in [1.165, 1.54) is 7.05 Å². The van der Waals surface area contributed by atoms with Crippen LogP contribution < -0.4 is 5.32 Å². The number of imide groups is 1. The second-order valence-electron chi connectivity index (χ2n) is 4.68. The largest absolute Gasteiger partial charge is 0.340 e. The van der Waals surface area contributed by atoms with Crippen LogP contribution in [0.4, 0.5) is 11.5 Å². The van der Waals surface area contributed by atoms with Gasteiger partial charge in [-0.3, -0.25) is 14.5 Å². The number of aryl methyl sites for hydroxylation is 1. The van der Waals surface area contributed by atoms with Gasteiger partial charge in [-0.15, -0.1) is 0 Å². The summed E-state index contributed by atoms with van der Waals surface area (Å²) in [6, 6.07) is 6.55. The molecule has 0 unspecified atom stereocenters. The van der Waals surface area contributed by atoms with Crippen molar-refractivity contribution >= 4 is 34.9 Å². The maximum Gasteiger partial charge on any atom is 0.261 e. The van der Waals surface area contributed by atoms with Gasteiger partial charge in [0, 0.05) is 18.8 Å². The molecule has 106 valence electrons. The summed E-state index contributed by atoms with van der Waals surface area (Å²) in [6.07, 6.45) is 0. The molecule has 1 aliphatic heterocycles. The fourth-order valence-electron chi connectivity index (χ4n) is 2.18. The quantitative estimate of drug-likeness (QED) is 0.681. The zero-order valence-electron chi connectivity index (χ0n) is 11.3. The Morgan fingerprint density at radius 1 is 1.10 bits per heavy atom. The van der Waals surface area contributed by atoms with Gasteiger partial charge in [0.05, 0.1) is 11.1 Å². The lowest BCUT2D eigenvalue weighted by Gasteiger charge is -2.07. The molecule has 1 aromatic carbocycles. The van der Waals surface area contributed by atoms with E-state index < -0.39 is 0 Å². The summed E-state index contributed by atoms with van der Waals surface area (Å²) in [4.78, 5) is 33.0. The number of hydrogen-bond donors (Lipinski definition) is 1. The van der Waals surface area contributed by atoms with Crippen LogP contribution in [0, 0.1) is 6.92 Å². The topological polar surface area (TPSA) is 75.2 Å². The highest BCUT2D eigenvalue weighted by atomic mass is 35.5. The molecular formula is C14H11ClN4O2. The van der Waals surface area contributed by atoms with Gasteiger partial charge in [0.1, 0.15) is 16.8 Å². The fourth-order valence-corrected chi connectivity index (χ4v) is 2.41. The summed E-state index contributed by atoms with van der Waals surface area (Å²) < 4.78 is 0. The van der Waals surface area contributed by atoms with Crippen molar-refractivity contribution in [1.29, 1.82) is 0 Å². The van der Waals surface area contributed by atoms with Gasteiger partial charge in [0.2, 0.25) is 0 Å². The SMILES string of the molecule is Cc1nc(Cl)cc(Nc2ccc3c(c2)C(=O)N(C)C3=O)n1. The van der Waals surface area contributed by atoms with Crippen molar-refractivity contribution in [2.24, 2.45) is 0 Å². The van der Waals surface area contributed by atoms with Crippen LogP contribution in [0.3, 0.4) is 0 Å². The molecule has 2 aromatic rings. The standard InChI is InChI=1S/C14H11ClN4O2/c1-7-16-11(15)6-12(17-7)18-8-3-4-9-10(5-8)14(21)19(2)13(9)20/h3-6H,1-2H3,(H,16,17,18). The van der Waals surface area contributed by atoms with E-state index in [0.29, 0.717) is 33.6 Å². The van der Waals surface area contributed by atoms with Crippen molar-refractivity contribution in [2.45, 2.75) is 6.92 Å². The van der Waals surface area contributed by atoms with Crippen LogP contribution in [0.5, 0.6) is 0 Å². The molecule has 0 bridgehead atoms. The second-order valence-corrected chi connectivity index (χ2v) is 5.07. The van der Waals surface area contributed by atoms with Crippen molar-refractivity contribution < 1.29 is 9.59 Å². The van der Waals surface area contributed by atoms with E-state index in [1.54, 1.807) is 31.2 Å². The van der Waals surface area contributed by atoms with E-state index >= 15 is 0 Å². The van der Waals surface area contributed by atoms with E-state index in [0.717, 1.165) is 4.90 Å². The summed E-state index contributed by atoms with van der Waals surface area (Å²) in [5, 5.41) is 3.38. The van der Waals surface area contributed by atoms with Crippen molar-refractivity contribution in [3.05, 3.63) is 46.4 Å².